The van der Waals surface area contributed by atoms with E-state index in [2.05, 4.69) is 30.8 Å². The number of carbonyl (C=O) groups excluding carboxylic acids is 1. The Hall–Kier alpha value is -1.44. The fraction of sp³-hybridized carbons (Fsp3) is 0.588. The van der Waals surface area contributed by atoms with Crippen molar-refractivity contribution in [2.24, 2.45) is 0 Å². The minimum absolute atomic E-state index is 0.0395. The first-order chi connectivity index (χ1) is 11.0. The molecule has 0 spiro atoms. The lowest BCUT2D eigenvalue weighted by Crippen LogP contribution is -2.37. The highest BCUT2D eigenvalue weighted by molar-refractivity contribution is 7.89. The summed E-state index contributed by atoms with van der Waals surface area (Å²) in [6.45, 7) is 7.33. The molecule has 136 valence electrons. The molecule has 1 aromatic rings. The van der Waals surface area contributed by atoms with Crippen molar-refractivity contribution in [2.45, 2.75) is 37.5 Å². The second kappa shape index (κ2) is 8.60. The van der Waals surface area contributed by atoms with E-state index >= 15 is 0 Å². The highest BCUT2D eigenvalue weighted by Crippen LogP contribution is 2.23. The molecule has 0 aliphatic rings. The first-order valence-electron chi connectivity index (χ1n) is 8.04. The average molecular weight is 356 g/mol. The summed E-state index contributed by atoms with van der Waals surface area (Å²) in [6.07, 6.45) is 0.819. The van der Waals surface area contributed by atoms with E-state index in [9.17, 15) is 13.2 Å². The van der Waals surface area contributed by atoms with Gasteiger partial charge < -0.3 is 10.2 Å². The van der Waals surface area contributed by atoms with E-state index in [0.717, 1.165) is 18.5 Å². The zero-order chi connectivity index (χ0) is 18.4. The lowest BCUT2D eigenvalue weighted by molar-refractivity contribution is -0.119. The Bertz CT molecular complexity index is 632. The molecule has 0 radical (unpaired) electrons. The van der Waals surface area contributed by atoms with Crippen molar-refractivity contribution < 1.29 is 13.2 Å². The largest absolute Gasteiger partial charge is 0.355 e. The summed E-state index contributed by atoms with van der Waals surface area (Å²) in [6, 6.07) is 6.74. The van der Waals surface area contributed by atoms with Crippen LogP contribution < -0.4 is 10.0 Å². The highest BCUT2D eigenvalue weighted by Gasteiger charge is 2.18. The summed E-state index contributed by atoms with van der Waals surface area (Å²) in [5.41, 5.74) is 1.02. The van der Waals surface area contributed by atoms with Crippen molar-refractivity contribution >= 4 is 15.9 Å². The Morgan fingerprint density at radius 1 is 1.12 bits per heavy atom. The molecule has 0 aliphatic carbocycles. The van der Waals surface area contributed by atoms with Gasteiger partial charge in [0.2, 0.25) is 15.9 Å². The fourth-order valence-electron chi connectivity index (χ4n) is 2.06. The molecule has 1 amide bonds. The lowest BCUT2D eigenvalue weighted by Gasteiger charge is -2.19. The molecule has 2 N–H and O–H groups in total. The summed E-state index contributed by atoms with van der Waals surface area (Å²) in [5.74, 6) is -0.330. The van der Waals surface area contributed by atoms with Crippen LogP contribution in [0.1, 0.15) is 32.8 Å². The molecular formula is C17H29N3O3S. The van der Waals surface area contributed by atoms with Crippen LogP contribution >= 0.6 is 0 Å². The Balaban J connectivity index is 2.53. The second-order valence-corrected chi connectivity index (χ2v) is 8.87. The number of benzene rings is 1. The minimum Gasteiger partial charge on any atom is -0.355 e. The van der Waals surface area contributed by atoms with Crippen LogP contribution in [0.5, 0.6) is 0 Å². The fourth-order valence-corrected chi connectivity index (χ4v) is 3.05. The van der Waals surface area contributed by atoms with Gasteiger partial charge >= 0.3 is 0 Å². The molecule has 1 rings (SSSR count). The predicted molar refractivity (Wildman–Crippen MR) is 96.5 cm³/mol. The Kier molecular flexibility index (Phi) is 7.38. The van der Waals surface area contributed by atoms with Crippen LogP contribution in [0, 0.1) is 0 Å². The molecule has 0 heterocycles. The van der Waals surface area contributed by atoms with Crippen molar-refractivity contribution in [3.05, 3.63) is 29.8 Å². The molecule has 0 aliphatic heterocycles. The van der Waals surface area contributed by atoms with E-state index in [1.807, 2.05) is 19.0 Å². The highest BCUT2D eigenvalue weighted by atomic mass is 32.2. The van der Waals surface area contributed by atoms with Gasteiger partial charge in [0, 0.05) is 6.54 Å². The number of sulfonamides is 1. The first kappa shape index (κ1) is 20.6. The number of hydrogen-bond donors (Lipinski definition) is 2. The van der Waals surface area contributed by atoms with Gasteiger partial charge in [-0.2, -0.15) is 0 Å². The van der Waals surface area contributed by atoms with E-state index in [1.165, 1.54) is 0 Å². The van der Waals surface area contributed by atoms with Crippen LogP contribution in [0.4, 0.5) is 0 Å². The van der Waals surface area contributed by atoms with Gasteiger partial charge in [-0.1, -0.05) is 32.9 Å². The molecule has 0 saturated carbocycles. The Morgan fingerprint density at radius 2 is 1.71 bits per heavy atom. The third-order valence-corrected chi connectivity index (χ3v) is 4.97. The first-order valence-corrected chi connectivity index (χ1v) is 9.52. The molecule has 0 unspecified atom stereocenters. The maximum absolute atomic E-state index is 12.2. The van der Waals surface area contributed by atoms with Crippen LogP contribution in [-0.2, 0) is 20.2 Å². The van der Waals surface area contributed by atoms with Gasteiger partial charge in [0.25, 0.3) is 0 Å². The number of amides is 1. The number of nitrogens with one attached hydrogen (secondary N) is 2. The van der Waals surface area contributed by atoms with E-state index in [4.69, 9.17) is 0 Å². The maximum Gasteiger partial charge on any atom is 0.241 e. The van der Waals surface area contributed by atoms with Crippen molar-refractivity contribution in [3.63, 3.8) is 0 Å². The molecule has 0 fully saturated rings. The summed E-state index contributed by atoms with van der Waals surface area (Å²) in [4.78, 5) is 13.9. The monoisotopic (exact) mass is 355 g/mol. The SMILES string of the molecule is CN(C)CCCNC(=O)CNS(=O)(=O)c1ccc(C(C)(C)C)cc1. The normalized spacial score (nSPS) is 12.4. The molecule has 24 heavy (non-hydrogen) atoms. The Morgan fingerprint density at radius 3 is 2.21 bits per heavy atom. The van der Waals surface area contributed by atoms with Crippen molar-refractivity contribution in [3.8, 4) is 0 Å². The summed E-state index contributed by atoms with van der Waals surface area (Å²) < 4.78 is 26.8. The molecule has 1 aromatic carbocycles. The second-order valence-electron chi connectivity index (χ2n) is 7.11. The van der Waals surface area contributed by atoms with Crippen molar-refractivity contribution in [1.29, 1.82) is 0 Å². The number of hydrogen-bond acceptors (Lipinski definition) is 4. The number of rotatable bonds is 8. The van der Waals surface area contributed by atoms with Crippen LogP contribution in [0.15, 0.2) is 29.2 Å². The van der Waals surface area contributed by atoms with Gasteiger partial charge in [-0.15, -0.1) is 0 Å². The van der Waals surface area contributed by atoms with Gasteiger partial charge in [-0.25, -0.2) is 13.1 Å². The van der Waals surface area contributed by atoms with E-state index in [0.29, 0.717) is 6.54 Å². The molecule has 7 heteroatoms. The molecular weight excluding hydrogens is 326 g/mol. The van der Waals surface area contributed by atoms with Crippen molar-refractivity contribution in [2.75, 3.05) is 33.7 Å². The van der Waals surface area contributed by atoms with Crippen LogP contribution in [-0.4, -0.2) is 53.0 Å². The number of nitrogens with zero attached hydrogens (tertiary/aromatic N) is 1. The van der Waals surface area contributed by atoms with Gasteiger partial charge in [-0.3, -0.25) is 4.79 Å². The summed E-state index contributed by atoms with van der Waals surface area (Å²) >= 11 is 0. The maximum atomic E-state index is 12.2. The molecule has 0 aromatic heterocycles. The third-order valence-electron chi connectivity index (χ3n) is 3.56. The Labute approximate surface area is 145 Å². The minimum atomic E-state index is -3.68. The zero-order valence-corrected chi connectivity index (χ0v) is 16.0. The van der Waals surface area contributed by atoms with Gasteiger partial charge in [0.1, 0.15) is 0 Å². The van der Waals surface area contributed by atoms with Crippen LogP contribution in [0.2, 0.25) is 0 Å². The molecule has 0 atom stereocenters. The lowest BCUT2D eigenvalue weighted by atomic mass is 9.87. The smallest absolute Gasteiger partial charge is 0.241 e. The van der Waals surface area contributed by atoms with E-state index < -0.39 is 10.0 Å². The van der Waals surface area contributed by atoms with E-state index in [1.54, 1.807) is 24.3 Å². The topological polar surface area (TPSA) is 78.5 Å². The molecule has 6 nitrogen and oxygen atoms in total. The summed E-state index contributed by atoms with van der Waals surface area (Å²) in [7, 11) is 0.238. The van der Waals surface area contributed by atoms with E-state index in [-0.39, 0.29) is 22.8 Å². The van der Waals surface area contributed by atoms with Gasteiger partial charge in [0.15, 0.2) is 0 Å². The van der Waals surface area contributed by atoms with Gasteiger partial charge in [-0.05, 0) is 50.2 Å². The molecule has 0 bridgehead atoms. The third kappa shape index (κ3) is 6.98. The van der Waals surface area contributed by atoms with Crippen molar-refractivity contribution in [1.82, 2.24) is 14.9 Å². The quantitative estimate of drug-likeness (QED) is 0.690. The zero-order valence-electron chi connectivity index (χ0n) is 15.2. The van der Waals surface area contributed by atoms with Crippen LogP contribution in [0.25, 0.3) is 0 Å². The summed E-state index contributed by atoms with van der Waals surface area (Å²) in [5, 5.41) is 2.70. The average Bonchev–Trinajstić information content (AvgIpc) is 2.49. The predicted octanol–water partition coefficient (Wildman–Crippen LogP) is 1.33. The van der Waals surface area contributed by atoms with Gasteiger partial charge in [0.05, 0.1) is 11.4 Å². The number of carbonyl (C=O) groups is 1. The standard InChI is InChI=1S/C17H29N3O3S/c1-17(2,3)14-7-9-15(10-8-14)24(22,23)19-13-16(21)18-11-6-12-20(4)5/h7-10,19H,6,11-13H2,1-5H3,(H,18,21). The van der Waals surface area contributed by atoms with Crippen LogP contribution in [0.3, 0.4) is 0 Å². The molecule has 0 saturated heterocycles.